The number of nitrogens with one attached hydrogen (secondary N) is 1. The van der Waals surface area contributed by atoms with Gasteiger partial charge in [-0.2, -0.15) is 0 Å². The van der Waals surface area contributed by atoms with E-state index in [1.165, 1.54) is 19.3 Å². The van der Waals surface area contributed by atoms with E-state index in [1.807, 2.05) is 6.92 Å². The molecule has 0 spiro atoms. The van der Waals surface area contributed by atoms with Crippen LogP contribution in [0.5, 0.6) is 0 Å². The van der Waals surface area contributed by atoms with Crippen LogP contribution < -0.4 is 5.32 Å². The van der Waals surface area contributed by atoms with Crippen molar-refractivity contribution in [3.05, 3.63) is 0 Å². The second-order valence-electron chi connectivity index (χ2n) is 6.42. The molecular formula is C13H25NO. The zero-order valence-corrected chi connectivity index (χ0v) is 10.5. The van der Waals surface area contributed by atoms with Gasteiger partial charge in [-0.25, -0.2) is 0 Å². The molecule has 2 saturated carbocycles. The average molecular weight is 211 g/mol. The van der Waals surface area contributed by atoms with Gasteiger partial charge in [0.15, 0.2) is 0 Å². The van der Waals surface area contributed by atoms with Crippen LogP contribution in [0.25, 0.3) is 0 Å². The van der Waals surface area contributed by atoms with E-state index in [4.69, 9.17) is 0 Å². The summed E-state index contributed by atoms with van der Waals surface area (Å²) in [7, 11) is 0. The maximum absolute atomic E-state index is 9.33. The average Bonchev–Trinajstić information content (AvgIpc) is 2.46. The van der Waals surface area contributed by atoms with Crippen LogP contribution in [0, 0.1) is 16.7 Å². The molecule has 15 heavy (non-hydrogen) atoms. The smallest absolute Gasteiger partial charge is 0.0636 e. The Morgan fingerprint density at radius 1 is 1.40 bits per heavy atom. The number of aliphatic hydroxyl groups is 1. The zero-order chi connectivity index (χ0) is 11.3. The minimum absolute atomic E-state index is 0.226. The maximum Gasteiger partial charge on any atom is 0.0636 e. The van der Waals surface area contributed by atoms with Gasteiger partial charge in [-0.05, 0) is 42.9 Å². The fourth-order valence-corrected chi connectivity index (χ4v) is 3.83. The highest BCUT2D eigenvalue weighted by Gasteiger charge is 2.60. The number of fused-ring (bicyclic) bond motifs is 2. The first-order chi connectivity index (χ1) is 6.88. The Kier molecular flexibility index (Phi) is 2.63. The van der Waals surface area contributed by atoms with Gasteiger partial charge < -0.3 is 10.4 Å². The lowest BCUT2D eigenvalue weighted by atomic mass is 9.69. The third kappa shape index (κ3) is 1.53. The van der Waals surface area contributed by atoms with Crippen molar-refractivity contribution in [3.8, 4) is 0 Å². The van der Waals surface area contributed by atoms with Gasteiger partial charge >= 0.3 is 0 Å². The zero-order valence-electron chi connectivity index (χ0n) is 10.5. The minimum atomic E-state index is -0.226. The molecule has 0 aromatic heterocycles. The second-order valence-corrected chi connectivity index (χ2v) is 6.42. The topological polar surface area (TPSA) is 32.3 Å². The largest absolute Gasteiger partial charge is 0.392 e. The summed E-state index contributed by atoms with van der Waals surface area (Å²) >= 11 is 0. The van der Waals surface area contributed by atoms with Gasteiger partial charge in [0.2, 0.25) is 0 Å². The Balaban J connectivity index is 2.06. The maximum atomic E-state index is 9.33. The quantitative estimate of drug-likeness (QED) is 0.750. The van der Waals surface area contributed by atoms with Crippen LogP contribution in [0.1, 0.15) is 47.0 Å². The van der Waals surface area contributed by atoms with Gasteiger partial charge in [0.1, 0.15) is 0 Å². The van der Waals surface area contributed by atoms with Crippen LogP contribution in [0.2, 0.25) is 0 Å². The first-order valence-corrected chi connectivity index (χ1v) is 6.29. The van der Waals surface area contributed by atoms with Crippen molar-refractivity contribution in [1.82, 2.24) is 5.32 Å². The third-order valence-corrected chi connectivity index (χ3v) is 5.45. The van der Waals surface area contributed by atoms with Crippen LogP contribution in [-0.2, 0) is 0 Å². The molecule has 2 fully saturated rings. The van der Waals surface area contributed by atoms with Gasteiger partial charge in [0.25, 0.3) is 0 Å². The Bertz CT molecular complexity index is 249. The monoisotopic (exact) mass is 211 g/mol. The molecule has 2 bridgehead atoms. The molecule has 2 aliphatic rings. The van der Waals surface area contributed by atoms with Crippen LogP contribution in [-0.4, -0.2) is 23.8 Å². The van der Waals surface area contributed by atoms with E-state index in [1.54, 1.807) is 0 Å². The fraction of sp³-hybridized carbons (Fsp3) is 1.00. The molecule has 2 N–H and O–H groups in total. The van der Waals surface area contributed by atoms with Crippen LogP contribution in [0.3, 0.4) is 0 Å². The summed E-state index contributed by atoms with van der Waals surface area (Å²) in [5.74, 6) is 0.883. The Labute approximate surface area is 93.5 Å². The molecule has 0 amide bonds. The highest BCUT2D eigenvalue weighted by Crippen LogP contribution is 2.65. The first-order valence-electron chi connectivity index (χ1n) is 6.29. The molecule has 0 heterocycles. The molecule has 88 valence electrons. The van der Waals surface area contributed by atoms with E-state index in [0.29, 0.717) is 16.9 Å². The molecule has 0 aromatic rings. The Hall–Kier alpha value is -0.0800. The predicted octanol–water partition coefficient (Wildman–Crippen LogP) is 2.17. The lowest BCUT2D eigenvalue weighted by Gasteiger charge is -2.39. The van der Waals surface area contributed by atoms with E-state index in [0.717, 1.165) is 12.5 Å². The highest BCUT2D eigenvalue weighted by atomic mass is 16.3. The van der Waals surface area contributed by atoms with E-state index in [9.17, 15) is 5.11 Å². The van der Waals surface area contributed by atoms with Gasteiger partial charge in [-0.15, -0.1) is 0 Å². The van der Waals surface area contributed by atoms with Crippen molar-refractivity contribution in [2.45, 2.75) is 59.1 Å². The molecule has 0 aliphatic heterocycles. The van der Waals surface area contributed by atoms with E-state index >= 15 is 0 Å². The van der Waals surface area contributed by atoms with E-state index in [2.05, 4.69) is 26.1 Å². The Morgan fingerprint density at radius 3 is 2.47 bits per heavy atom. The molecule has 4 atom stereocenters. The molecule has 2 nitrogen and oxygen atoms in total. The first kappa shape index (κ1) is 11.4. The number of aliphatic hydroxyl groups excluding tert-OH is 1. The fourth-order valence-electron chi connectivity index (χ4n) is 3.83. The molecule has 2 aliphatic carbocycles. The standard InChI is InChI=1S/C13H25NO/c1-9(15)8-14-11-7-10-5-6-13(11,4)12(10,2)3/h9-11,14-15H,5-8H2,1-4H3/t9-,10?,11?,13+/m0/s1. The van der Waals surface area contributed by atoms with Crippen molar-refractivity contribution in [2.75, 3.05) is 6.54 Å². The lowest BCUT2D eigenvalue weighted by molar-refractivity contribution is 0.109. The number of rotatable bonds is 3. The summed E-state index contributed by atoms with van der Waals surface area (Å²) in [6, 6.07) is 0.612. The molecule has 0 saturated heterocycles. The summed E-state index contributed by atoms with van der Waals surface area (Å²) in [6.45, 7) is 9.87. The summed E-state index contributed by atoms with van der Waals surface area (Å²) in [5, 5.41) is 12.9. The van der Waals surface area contributed by atoms with E-state index < -0.39 is 0 Å². The van der Waals surface area contributed by atoms with Crippen LogP contribution >= 0.6 is 0 Å². The lowest BCUT2D eigenvalue weighted by Crippen LogP contribution is -2.46. The number of hydrogen-bond acceptors (Lipinski definition) is 2. The van der Waals surface area contributed by atoms with Crippen molar-refractivity contribution in [1.29, 1.82) is 0 Å². The second kappa shape index (κ2) is 3.46. The van der Waals surface area contributed by atoms with Crippen molar-refractivity contribution in [3.63, 3.8) is 0 Å². The summed E-state index contributed by atoms with van der Waals surface area (Å²) in [4.78, 5) is 0. The predicted molar refractivity (Wildman–Crippen MR) is 62.7 cm³/mol. The van der Waals surface area contributed by atoms with Gasteiger partial charge in [0.05, 0.1) is 6.10 Å². The SMILES string of the molecule is C[C@H](O)CNC1CC2CC[C@@]1(C)C2(C)C. The summed E-state index contributed by atoms with van der Waals surface area (Å²) in [5.41, 5.74) is 0.913. The molecule has 2 heteroatoms. The summed E-state index contributed by atoms with van der Waals surface area (Å²) < 4.78 is 0. The van der Waals surface area contributed by atoms with Gasteiger partial charge in [-0.1, -0.05) is 20.8 Å². The molecule has 0 aromatic carbocycles. The van der Waals surface area contributed by atoms with Crippen LogP contribution in [0.15, 0.2) is 0 Å². The van der Waals surface area contributed by atoms with Gasteiger partial charge in [-0.3, -0.25) is 0 Å². The van der Waals surface area contributed by atoms with Crippen molar-refractivity contribution in [2.24, 2.45) is 16.7 Å². The highest BCUT2D eigenvalue weighted by molar-refractivity contribution is 5.12. The van der Waals surface area contributed by atoms with E-state index in [-0.39, 0.29) is 6.10 Å². The molecule has 0 radical (unpaired) electrons. The Morgan fingerprint density at radius 2 is 2.07 bits per heavy atom. The normalized spacial score (nSPS) is 44.6. The van der Waals surface area contributed by atoms with Crippen molar-refractivity contribution < 1.29 is 5.11 Å². The third-order valence-electron chi connectivity index (χ3n) is 5.45. The minimum Gasteiger partial charge on any atom is -0.392 e. The van der Waals surface area contributed by atoms with Crippen molar-refractivity contribution >= 4 is 0 Å². The molecular weight excluding hydrogens is 186 g/mol. The number of hydrogen-bond donors (Lipinski definition) is 2. The van der Waals surface area contributed by atoms with Gasteiger partial charge in [0, 0.05) is 12.6 Å². The molecule has 2 unspecified atom stereocenters. The van der Waals surface area contributed by atoms with Crippen LogP contribution in [0.4, 0.5) is 0 Å². The summed E-state index contributed by atoms with van der Waals surface area (Å²) in [6.07, 6.45) is 3.82. The molecule has 2 rings (SSSR count).